The molecule has 3 aromatic carbocycles. The molecule has 0 bridgehead atoms. The molecule has 1 heterocycles. The van der Waals surface area contributed by atoms with Crippen LogP contribution in [0.25, 0.3) is 0 Å². The van der Waals surface area contributed by atoms with Gasteiger partial charge in [-0.25, -0.2) is 0 Å². The van der Waals surface area contributed by atoms with Crippen LogP contribution in [-0.4, -0.2) is 17.4 Å². The molecule has 0 aliphatic carbocycles. The first-order valence-electron chi connectivity index (χ1n) is 10.6. The summed E-state index contributed by atoms with van der Waals surface area (Å²) in [6, 6.07) is 30.3. The molecule has 0 saturated carbocycles. The molecule has 0 fully saturated rings. The summed E-state index contributed by atoms with van der Waals surface area (Å²) in [6.45, 7) is 1.86. The minimum absolute atomic E-state index is 0.156. The lowest BCUT2D eigenvalue weighted by molar-refractivity contribution is -0.114. The van der Waals surface area contributed by atoms with Gasteiger partial charge in [0.25, 0.3) is 5.91 Å². The minimum atomic E-state index is -0.235. The van der Waals surface area contributed by atoms with E-state index in [2.05, 4.69) is 36.4 Å². The van der Waals surface area contributed by atoms with Crippen LogP contribution in [-0.2, 0) is 24.3 Å². The molecular formula is C27H25N3O. The topological polar surface area (TPSA) is 47.3 Å². The van der Waals surface area contributed by atoms with E-state index in [1.54, 1.807) is 11.1 Å². The largest absolute Gasteiger partial charge is 0.367 e. The Kier molecular flexibility index (Phi) is 6.44. The Labute approximate surface area is 183 Å². The lowest BCUT2D eigenvalue weighted by Crippen LogP contribution is -2.36. The van der Waals surface area contributed by atoms with E-state index in [0.717, 1.165) is 35.2 Å². The number of fused-ring (bicyclic) bond motifs is 1. The molecule has 0 spiro atoms. The van der Waals surface area contributed by atoms with Gasteiger partial charge >= 0.3 is 0 Å². The Morgan fingerprint density at radius 2 is 1.48 bits per heavy atom. The van der Waals surface area contributed by atoms with Gasteiger partial charge in [-0.05, 0) is 35.6 Å². The van der Waals surface area contributed by atoms with Crippen molar-refractivity contribution in [2.24, 2.45) is 0 Å². The number of rotatable bonds is 6. The van der Waals surface area contributed by atoms with E-state index >= 15 is 0 Å². The van der Waals surface area contributed by atoms with Crippen molar-refractivity contribution in [1.82, 2.24) is 4.90 Å². The lowest BCUT2D eigenvalue weighted by atomic mass is 10.0. The lowest BCUT2D eigenvalue weighted by Gasteiger charge is -2.29. The van der Waals surface area contributed by atoms with Crippen LogP contribution in [0.1, 0.15) is 23.1 Å². The molecule has 0 radical (unpaired) electrons. The average molecular weight is 408 g/mol. The SMILES string of the molecule is N#C/C(=C/N(Cc1ccccc1)Cc1ccccc1)C(=O)N1CCCc2ccccc21. The predicted octanol–water partition coefficient (Wildman–Crippen LogP) is 5.08. The standard InChI is InChI=1S/C27H25N3O/c28-18-25(27(31)30-17-9-15-24-14-7-8-16-26(24)30)21-29(19-22-10-3-1-4-11-22)20-23-12-5-2-6-13-23/h1-8,10-14,16,21H,9,15,17,19-20H2/b25-21-. The fourth-order valence-corrected chi connectivity index (χ4v) is 3.99. The highest BCUT2D eigenvalue weighted by molar-refractivity contribution is 6.08. The number of para-hydroxylation sites is 1. The van der Waals surface area contributed by atoms with Crippen LogP contribution in [0.15, 0.2) is 96.7 Å². The highest BCUT2D eigenvalue weighted by Crippen LogP contribution is 2.28. The molecule has 4 rings (SSSR count). The van der Waals surface area contributed by atoms with Gasteiger partial charge < -0.3 is 9.80 Å². The number of anilines is 1. The number of amides is 1. The van der Waals surface area contributed by atoms with Crippen molar-refractivity contribution >= 4 is 11.6 Å². The number of aryl methyl sites for hydroxylation is 1. The monoisotopic (exact) mass is 407 g/mol. The zero-order chi connectivity index (χ0) is 21.5. The van der Waals surface area contributed by atoms with Gasteiger partial charge in [-0.1, -0.05) is 78.9 Å². The second kappa shape index (κ2) is 9.77. The molecular weight excluding hydrogens is 382 g/mol. The summed E-state index contributed by atoms with van der Waals surface area (Å²) in [5.41, 5.74) is 4.48. The van der Waals surface area contributed by atoms with Crippen molar-refractivity contribution in [1.29, 1.82) is 5.26 Å². The summed E-state index contributed by atoms with van der Waals surface area (Å²) in [5.74, 6) is -0.235. The molecule has 154 valence electrons. The van der Waals surface area contributed by atoms with Crippen molar-refractivity contribution < 1.29 is 4.79 Å². The van der Waals surface area contributed by atoms with Crippen molar-refractivity contribution in [3.8, 4) is 6.07 Å². The number of carbonyl (C=O) groups excluding carboxylic acids is 1. The van der Waals surface area contributed by atoms with Gasteiger partial charge in [-0.15, -0.1) is 0 Å². The molecule has 1 aliphatic rings. The fourth-order valence-electron chi connectivity index (χ4n) is 3.99. The van der Waals surface area contributed by atoms with E-state index in [1.807, 2.05) is 59.5 Å². The fraction of sp³-hybridized carbons (Fsp3) is 0.185. The van der Waals surface area contributed by atoms with Gasteiger partial charge in [0.15, 0.2) is 0 Å². The van der Waals surface area contributed by atoms with Crippen molar-refractivity contribution in [2.45, 2.75) is 25.9 Å². The molecule has 4 nitrogen and oxygen atoms in total. The first-order valence-corrected chi connectivity index (χ1v) is 10.6. The van der Waals surface area contributed by atoms with E-state index in [9.17, 15) is 10.1 Å². The first-order chi connectivity index (χ1) is 15.2. The van der Waals surface area contributed by atoms with E-state index in [-0.39, 0.29) is 11.5 Å². The van der Waals surface area contributed by atoms with Crippen LogP contribution in [0.3, 0.4) is 0 Å². The summed E-state index contributed by atoms with van der Waals surface area (Å²) in [7, 11) is 0. The van der Waals surface area contributed by atoms with Crippen molar-refractivity contribution in [3.63, 3.8) is 0 Å². The summed E-state index contributed by atoms with van der Waals surface area (Å²) in [6.07, 6.45) is 3.58. The highest BCUT2D eigenvalue weighted by Gasteiger charge is 2.25. The Morgan fingerprint density at radius 3 is 2.10 bits per heavy atom. The van der Waals surface area contributed by atoms with Crippen LogP contribution in [0, 0.1) is 11.3 Å². The van der Waals surface area contributed by atoms with Gasteiger partial charge in [-0.2, -0.15) is 5.26 Å². The van der Waals surface area contributed by atoms with Gasteiger partial charge in [-0.3, -0.25) is 4.79 Å². The summed E-state index contributed by atoms with van der Waals surface area (Å²) in [4.78, 5) is 17.1. The first kappa shape index (κ1) is 20.4. The third-order valence-corrected chi connectivity index (χ3v) is 5.47. The molecule has 31 heavy (non-hydrogen) atoms. The Morgan fingerprint density at radius 1 is 0.903 bits per heavy atom. The number of nitrogens with zero attached hydrogens (tertiary/aromatic N) is 3. The maximum absolute atomic E-state index is 13.3. The van der Waals surface area contributed by atoms with Gasteiger partial charge in [0.2, 0.25) is 0 Å². The van der Waals surface area contributed by atoms with E-state index in [4.69, 9.17) is 0 Å². The molecule has 0 N–H and O–H groups in total. The van der Waals surface area contributed by atoms with Crippen LogP contribution >= 0.6 is 0 Å². The van der Waals surface area contributed by atoms with Crippen LogP contribution in [0.2, 0.25) is 0 Å². The quantitative estimate of drug-likeness (QED) is 0.423. The number of carbonyl (C=O) groups is 1. The predicted molar refractivity (Wildman–Crippen MR) is 123 cm³/mol. The second-order valence-electron chi connectivity index (χ2n) is 7.72. The van der Waals surface area contributed by atoms with Crippen molar-refractivity contribution in [3.05, 3.63) is 113 Å². The van der Waals surface area contributed by atoms with Crippen LogP contribution in [0.4, 0.5) is 5.69 Å². The zero-order valence-corrected chi connectivity index (χ0v) is 17.4. The molecule has 1 aliphatic heterocycles. The molecule has 0 aromatic heterocycles. The molecule has 0 saturated heterocycles. The van der Waals surface area contributed by atoms with E-state index in [0.29, 0.717) is 19.6 Å². The maximum Gasteiger partial charge on any atom is 0.270 e. The third kappa shape index (κ3) is 5.02. The summed E-state index contributed by atoms with van der Waals surface area (Å²) >= 11 is 0. The van der Waals surface area contributed by atoms with Gasteiger partial charge in [0.1, 0.15) is 11.6 Å². The third-order valence-electron chi connectivity index (χ3n) is 5.47. The average Bonchev–Trinajstić information content (AvgIpc) is 2.83. The normalized spacial score (nSPS) is 13.3. The Balaban J connectivity index is 1.63. The summed E-state index contributed by atoms with van der Waals surface area (Å²) in [5, 5.41) is 9.86. The van der Waals surface area contributed by atoms with Gasteiger partial charge in [0, 0.05) is 31.5 Å². The molecule has 3 aromatic rings. The van der Waals surface area contributed by atoms with Gasteiger partial charge in [0.05, 0.1) is 0 Å². The molecule has 1 amide bonds. The Hall–Kier alpha value is -3.84. The molecule has 0 unspecified atom stereocenters. The maximum atomic E-state index is 13.3. The smallest absolute Gasteiger partial charge is 0.270 e. The minimum Gasteiger partial charge on any atom is -0.367 e. The number of nitriles is 1. The molecule has 0 atom stereocenters. The van der Waals surface area contributed by atoms with Crippen molar-refractivity contribution in [2.75, 3.05) is 11.4 Å². The summed E-state index contributed by atoms with van der Waals surface area (Å²) < 4.78 is 0. The van der Waals surface area contributed by atoms with E-state index < -0.39 is 0 Å². The Bertz CT molecular complexity index is 1060. The zero-order valence-electron chi connectivity index (χ0n) is 17.4. The number of hydrogen-bond acceptors (Lipinski definition) is 3. The molecule has 4 heteroatoms. The van der Waals surface area contributed by atoms with E-state index in [1.165, 1.54) is 0 Å². The second-order valence-corrected chi connectivity index (χ2v) is 7.72. The highest BCUT2D eigenvalue weighted by atomic mass is 16.2. The number of benzene rings is 3. The van der Waals surface area contributed by atoms with Crippen LogP contribution < -0.4 is 4.90 Å². The number of hydrogen-bond donors (Lipinski definition) is 0. The van der Waals surface area contributed by atoms with Crippen LogP contribution in [0.5, 0.6) is 0 Å².